The van der Waals surface area contributed by atoms with Crippen molar-refractivity contribution >= 4 is 22.8 Å². The molecule has 1 aromatic carbocycles. The zero-order chi connectivity index (χ0) is 24.6. The van der Waals surface area contributed by atoms with E-state index in [0.717, 1.165) is 85.9 Å². The summed E-state index contributed by atoms with van der Waals surface area (Å²) in [5, 5.41) is 5.78. The van der Waals surface area contributed by atoms with Crippen molar-refractivity contribution in [1.29, 1.82) is 0 Å². The average Bonchev–Trinajstić information content (AvgIpc) is 3.71. The molecule has 3 aromatic rings. The molecule has 0 radical (unpaired) electrons. The first-order valence-electron chi connectivity index (χ1n) is 13.6. The summed E-state index contributed by atoms with van der Waals surface area (Å²) in [6.45, 7) is 5.14. The van der Waals surface area contributed by atoms with Gasteiger partial charge < -0.3 is 9.80 Å². The van der Waals surface area contributed by atoms with Crippen molar-refractivity contribution in [1.82, 2.24) is 24.6 Å². The molecule has 2 aromatic heterocycles. The molecule has 6 rings (SSSR count). The molecular formula is C28H35FN6O. The second-order valence-corrected chi connectivity index (χ2v) is 10.8. The van der Waals surface area contributed by atoms with E-state index < -0.39 is 0 Å². The molecule has 2 aliphatic carbocycles. The van der Waals surface area contributed by atoms with E-state index in [9.17, 15) is 9.18 Å². The Morgan fingerprint density at radius 2 is 1.72 bits per heavy atom. The number of aryl methyl sites for hydroxylation is 1. The fraction of sp³-hybridized carbons (Fsp3) is 0.571. The van der Waals surface area contributed by atoms with Crippen molar-refractivity contribution < 1.29 is 9.18 Å². The van der Waals surface area contributed by atoms with Crippen LogP contribution in [0.25, 0.3) is 16.7 Å². The second-order valence-electron chi connectivity index (χ2n) is 10.8. The molecule has 0 unspecified atom stereocenters. The van der Waals surface area contributed by atoms with Gasteiger partial charge in [-0.05, 0) is 56.4 Å². The Kier molecular flexibility index (Phi) is 6.36. The van der Waals surface area contributed by atoms with Crippen molar-refractivity contribution in [3.05, 3.63) is 41.6 Å². The molecule has 2 saturated carbocycles. The third-order valence-corrected chi connectivity index (χ3v) is 8.03. The van der Waals surface area contributed by atoms with Gasteiger partial charge in [0.2, 0.25) is 5.91 Å². The van der Waals surface area contributed by atoms with E-state index in [1.807, 2.05) is 16.5 Å². The lowest BCUT2D eigenvalue weighted by Crippen LogP contribution is -2.36. The molecule has 1 amide bonds. The molecule has 36 heavy (non-hydrogen) atoms. The lowest BCUT2D eigenvalue weighted by molar-refractivity contribution is -0.132. The number of anilines is 1. The third kappa shape index (κ3) is 4.70. The molecule has 0 N–H and O–H groups in total. The Bertz CT molecular complexity index is 1250. The molecule has 190 valence electrons. The van der Waals surface area contributed by atoms with E-state index >= 15 is 0 Å². The van der Waals surface area contributed by atoms with Crippen LogP contribution in [-0.4, -0.2) is 56.7 Å². The van der Waals surface area contributed by atoms with Crippen LogP contribution in [0.1, 0.15) is 62.9 Å². The van der Waals surface area contributed by atoms with Crippen LogP contribution in [0.2, 0.25) is 0 Å². The minimum absolute atomic E-state index is 0.251. The van der Waals surface area contributed by atoms with Crippen LogP contribution in [0.4, 0.5) is 10.2 Å². The van der Waals surface area contributed by atoms with Crippen LogP contribution >= 0.6 is 0 Å². The highest BCUT2D eigenvalue weighted by atomic mass is 19.1. The van der Waals surface area contributed by atoms with Crippen molar-refractivity contribution in [3.8, 4) is 5.69 Å². The summed E-state index contributed by atoms with van der Waals surface area (Å²) < 4.78 is 15.5. The average molecular weight is 491 g/mol. The van der Waals surface area contributed by atoms with Crippen LogP contribution in [-0.2, 0) is 11.2 Å². The van der Waals surface area contributed by atoms with Gasteiger partial charge in [-0.1, -0.05) is 32.1 Å². The number of amides is 1. The van der Waals surface area contributed by atoms with Gasteiger partial charge >= 0.3 is 0 Å². The monoisotopic (exact) mass is 490 g/mol. The Hall–Kier alpha value is -3.03. The van der Waals surface area contributed by atoms with Crippen molar-refractivity contribution in [2.24, 2.45) is 11.8 Å². The zero-order valence-corrected chi connectivity index (χ0v) is 21.1. The van der Waals surface area contributed by atoms with Gasteiger partial charge in [-0.15, -0.1) is 0 Å². The van der Waals surface area contributed by atoms with E-state index in [-0.39, 0.29) is 11.7 Å². The highest BCUT2D eigenvalue weighted by Gasteiger charge is 2.34. The number of carbonyl (C=O) groups is 1. The number of hydrogen-bond acceptors (Lipinski definition) is 5. The smallest absolute Gasteiger partial charge is 0.225 e. The molecule has 3 heterocycles. The maximum absolute atomic E-state index is 13.6. The van der Waals surface area contributed by atoms with Gasteiger partial charge in [-0.2, -0.15) is 5.10 Å². The fourth-order valence-electron chi connectivity index (χ4n) is 5.88. The number of fused-ring (bicyclic) bond motifs is 1. The summed E-state index contributed by atoms with van der Waals surface area (Å²) >= 11 is 0. The number of hydrogen-bond donors (Lipinski definition) is 0. The SMILES string of the molecule is Cc1nn(-c2ccc(F)cc2)c2nc(CC3CCCCC3)nc(N3CCCN(C(=O)C4CC4)CC3)c12. The topological polar surface area (TPSA) is 67.2 Å². The van der Waals surface area contributed by atoms with Gasteiger partial charge in [0, 0.05) is 38.5 Å². The molecule has 0 atom stereocenters. The van der Waals surface area contributed by atoms with Crippen molar-refractivity contribution in [2.45, 2.75) is 64.7 Å². The van der Waals surface area contributed by atoms with E-state index in [1.165, 1.54) is 44.2 Å². The number of carbonyl (C=O) groups excluding carboxylic acids is 1. The predicted molar refractivity (Wildman–Crippen MR) is 138 cm³/mol. The van der Waals surface area contributed by atoms with E-state index in [4.69, 9.17) is 15.1 Å². The Labute approximate surface area is 211 Å². The molecule has 1 saturated heterocycles. The van der Waals surface area contributed by atoms with Crippen LogP contribution in [0.3, 0.4) is 0 Å². The van der Waals surface area contributed by atoms with Crippen molar-refractivity contribution in [3.63, 3.8) is 0 Å². The first-order valence-corrected chi connectivity index (χ1v) is 13.6. The van der Waals surface area contributed by atoms with Crippen molar-refractivity contribution in [2.75, 3.05) is 31.1 Å². The molecule has 0 spiro atoms. The number of nitrogens with zero attached hydrogens (tertiary/aromatic N) is 6. The predicted octanol–water partition coefficient (Wildman–Crippen LogP) is 4.83. The Balaban J connectivity index is 1.38. The molecule has 1 aliphatic heterocycles. The summed E-state index contributed by atoms with van der Waals surface area (Å²) in [5.41, 5.74) is 2.44. The zero-order valence-electron chi connectivity index (χ0n) is 21.1. The highest BCUT2D eigenvalue weighted by Crippen LogP contribution is 2.34. The molecule has 0 bridgehead atoms. The number of rotatable bonds is 5. The molecule has 3 fully saturated rings. The lowest BCUT2D eigenvalue weighted by Gasteiger charge is -2.25. The maximum Gasteiger partial charge on any atom is 0.225 e. The standard InChI is InChI=1S/C28H35FN6O/c1-19-25-26(33-14-5-15-34(17-16-33)28(36)21-8-9-21)30-24(18-20-6-3-2-4-7-20)31-27(25)35(32-19)23-12-10-22(29)11-13-23/h10-13,20-21H,2-9,14-18H2,1H3. The molecule has 3 aliphatic rings. The fourth-order valence-corrected chi connectivity index (χ4v) is 5.88. The molecule has 8 heteroatoms. The number of halogens is 1. The van der Waals surface area contributed by atoms with Crippen LogP contribution < -0.4 is 4.90 Å². The van der Waals surface area contributed by atoms with E-state index in [1.54, 1.807) is 12.1 Å². The quantitative estimate of drug-likeness (QED) is 0.512. The third-order valence-electron chi connectivity index (χ3n) is 8.03. The second kappa shape index (κ2) is 9.79. The minimum atomic E-state index is -0.268. The van der Waals surface area contributed by atoms with Gasteiger partial charge in [0.1, 0.15) is 17.5 Å². The molecule has 7 nitrogen and oxygen atoms in total. The summed E-state index contributed by atoms with van der Waals surface area (Å²) in [4.78, 5) is 27.3. The summed E-state index contributed by atoms with van der Waals surface area (Å²) in [5.74, 6) is 2.71. The van der Waals surface area contributed by atoms with Gasteiger partial charge in [0.05, 0.1) is 16.8 Å². The van der Waals surface area contributed by atoms with Gasteiger partial charge in [-0.3, -0.25) is 4.79 Å². The minimum Gasteiger partial charge on any atom is -0.354 e. The maximum atomic E-state index is 13.6. The lowest BCUT2D eigenvalue weighted by atomic mass is 9.87. The van der Waals surface area contributed by atoms with Crippen LogP contribution in [0.15, 0.2) is 24.3 Å². The Morgan fingerprint density at radius 3 is 2.47 bits per heavy atom. The van der Waals surface area contributed by atoms with Gasteiger partial charge in [0.25, 0.3) is 0 Å². The van der Waals surface area contributed by atoms with E-state index in [2.05, 4.69) is 4.90 Å². The van der Waals surface area contributed by atoms with Gasteiger partial charge in [0.15, 0.2) is 5.65 Å². The van der Waals surface area contributed by atoms with Crippen LogP contribution in [0.5, 0.6) is 0 Å². The first kappa shape index (κ1) is 23.4. The summed E-state index contributed by atoms with van der Waals surface area (Å²) in [6, 6.07) is 6.42. The van der Waals surface area contributed by atoms with E-state index in [0.29, 0.717) is 11.8 Å². The molecular weight excluding hydrogens is 455 g/mol. The summed E-state index contributed by atoms with van der Waals surface area (Å²) in [7, 11) is 0. The highest BCUT2D eigenvalue weighted by molar-refractivity contribution is 5.91. The normalized spacial score (nSPS) is 19.6. The van der Waals surface area contributed by atoms with Crippen LogP contribution in [0, 0.1) is 24.6 Å². The summed E-state index contributed by atoms with van der Waals surface area (Å²) in [6.07, 6.45) is 10.2. The van der Waals surface area contributed by atoms with Gasteiger partial charge in [-0.25, -0.2) is 19.0 Å². The number of aromatic nitrogens is 4. The first-order chi connectivity index (χ1) is 17.6. The largest absolute Gasteiger partial charge is 0.354 e. The Morgan fingerprint density at radius 1 is 0.944 bits per heavy atom. The number of benzene rings is 1.